The highest BCUT2D eigenvalue weighted by Crippen LogP contribution is 2.35. The van der Waals surface area contributed by atoms with Crippen molar-refractivity contribution in [1.29, 1.82) is 5.26 Å². The lowest BCUT2D eigenvalue weighted by Crippen LogP contribution is -2.34. The highest BCUT2D eigenvalue weighted by Gasteiger charge is 2.36. The fraction of sp³-hybridized carbons (Fsp3) is 0.312. The monoisotopic (exact) mass is 378 g/mol. The van der Waals surface area contributed by atoms with Gasteiger partial charge < -0.3 is 14.4 Å². The lowest BCUT2D eigenvalue weighted by Gasteiger charge is -2.26. The molecule has 0 radical (unpaired) electrons. The number of aliphatic hydroxyl groups is 1. The van der Waals surface area contributed by atoms with Crippen LogP contribution in [0.4, 0.5) is 32.0 Å². The average molecular weight is 378 g/mol. The van der Waals surface area contributed by atoms with Gasteiger partial charge in [-0.05, 0) is 30.3 Å². The van der Waals surface area contributed by atoms with Crippen molar-refractivity contribution in [3.05, 3.63) is 53.0 Å². The lowest BCUT2D eigenvalue weighted by molar-refractivity contribution is -0.137. The number of aliphatic hydroxyl groups excluding tert-OH is 1. The van der Waals surface area contributed by atoms with Crippen molar-refractivity contribution in [1.82, 2.24) is 0 Å². The molecule has 4 nitrogen and oxygen atoms in total. The molecule has 1 aromatic carbocycles. The molecule has 2 rings (SSSR count). The molecule has 10 heteroatoms. The van der Waals surface area contributed by atoms with Crippen LogP contribution in [0.1, 0.15) is 22.6 Å². The molecule has 0 unspecified atom stereocenters. The van der Waals surface area contributed by atoms with E-state index in [1.165, 1.54) is 18.2 Å². The summed E-state index contributed by atoms with van der Waals surface area (Å²) in [6.45, 7) is -2.46. The van der Waals surface area contributed by atoms with Gasteiger partial charge >= 0.3 is 12.4 Å². The summed E-state index contributed by atoms with van der Waals surface area (Å²) in [5, 5.41) is 17.7. The van der Waals surface area contributed by atoms with Crippen LogP contribution in [0.3, 0.4) is 0 Å². The van der Waals surface area contributed by atoms with Crippen LogP contribution in [-0.4, -0.2) is 17.8 Å². The van der Waals surface area contributed by atoms with E-state index in [-0.39, 0.29) is 17.2 Å². The molecule has 0 amide bonds. The van der Waals surface area contributed by atoms with Crippen molar-refractivity contribution in [3.8, 4) is 6.07 Å². The molecular formula is C16H12F6N2O2. The minimum absolute atomic E-state index is 0.0382. The van der Waals surface area contributed by atoms with Crippen molar-refractivity contribution >= 4 is 5.69 Å². The van der Waals surface area contributed by atoms with Gasteiger partial charge in [-0.2, -0.15) is 31.6 Å². The first-order valence-corrected chi connectivity index (χ1v) is 7.15. The van der Waals surface area contributed by atoms with Crippen molar-refractivity contribution in [2.24, 2.45) is 0 Å². The summed E-state index contributed by atoms with van der Waals surface area (Å²) in [5.41, 5.74) is -2.37. The van der Waals surface area contributed by atoms with Crippen molar-refractivity contribution in [3.63, 3.8) is 0 Å². The predicted octanol–water partition coefficient (Wildman–Crippen LogP) is 4.23. The Morgan fingerprint density at radius 1 is 1.04 bits per heavy atom. The second kappa shape index (κ2) is 7.29. The smallest absolute Gasteiger partial charge is 0.417 e. The number of benzene rings is 1. The maximum absolute atomic E-state index is 13.1. The largest absolute Gasteiger partial charge is 0.462 e. The third-order valence-corrected chi connectivity index (χ3v) is 3.38. The number of rotatable bonds is 5. The molecule has 0 aliphatic heterocycles. The zero-order valence-electron chi connectivity index (χ0n) is 13.0. The fourth-order valence-electron chi connectivity index (χ4n) is 2.30. The van der Waals surface area contributed by atoms with E-state index in [1.54, 1.807) is 0 Å². The van der Waals surface area contributed by atoms with Gasteiger partial charge in [0.2, 0.25) is 0 Å². The summed E-state index contributed by atoms with van der Waals surface area (Å²) in [4.78, 5) is 0.649. The van der Waals surface area contributed by atoms with Crippen LogP contribution in [0, 0.1) is 11.3 Å². The fourth-order valence-corrected chi connectivity index (χ4v) is 2.30. The van der Waals surface area contributed by atoms with Crippen molar-refractivity contribution in [2.45, 2.75) is 25.5 Å². The molecule has 1 aromatic heterocycles. The van der Waals surface area contributed by atoms with Gasteiger partial charge in [0.15, 0.2) is 0 Å². The summed E-state index contributed by atoms with van der Waals surface area (Å²) in [6, 6.07) is 6.37. The van der Waals surface area contributed by atoms with E-state index >= 15 is 0 Å². The van der Waals surface area contributed by atoms with Crippen LogP contribution in [-0.2, 0) is 19.3 Å². The summed E-state index contributed by atoms with van der Waals surface area (Å²) in [6.07, 6.45) is -9.57. The lowest BCUT2D eigenvalue weighted by atomic mass is 10.1. The molecule has 0 fully saturated rings. The molecule has 1 N–H and O–H groups in total. The number of hydrogen-bond donors (Lipinski definition) is 1. The van der Waals surface area contributed by atoms with Crippen LogP contribution in [0.2, 0.25) is 0 Å². The van der Waals surface area contributed by atoms with E-state index in [2.05, 4.69) is 0 Å². The topological polar surface area (TPSA) is 60.4 Å². The third-order valence-electron chi connectivity index (χ3n) is 3.38. The summed E-state index contributed by atoms with van der Waals surface area (Å²) >= 11 is 0. The molecule has 1 heterocycles. The average Bonchev–Trinajstić information content (AvgIpc) is 2.99. The Morgan fingerprint density at radius 3 is 2.19 bits per heavy atom. The van der Waals surface area contributed by atoms with Crippen LogP contribution in [0.5, 0.6) is 0 Å². The Labute approximate surface area is 143 Å². The van der Waals surface area contributed by atoms with Gasteiger partial charge in [-0.15, -0.1) is 0 Å². The minimum atomic E-state index is -4.89. The number of halogens is 6. The number of nitriles is 1. The molecule has 0 aliphatic rings. The van der Waals surface area contributed by atoms with Crippen LogP contribution in [0.25, 0.3) is 0 Å². The second-order valence-electron chi connectivity index (χ2n) is 5.34. The SMILES string of the molecule is N#Cc1ccc(N(Cc2ccc(CO)o2)CC(F)(F)F)cc1C(F)(F)F. The predicted molar refractivity (Wildman–Crippen MR) is 77.9 cm³/mol. The van der Waals surface area contributed by atoms with Crippen molar-refractivity contribution in [2.75, 3.05) is 11.4 Å². The van der Waals surface area contributed by atoms with E-state index in [0.717, 1.165) is 12.1 Å². The highest BCUT2D eigenvalue weighted by molar-refractivity contribution is 5.55. The molecule has 140 valence electrons. The quantitative estimate of drug-likeness (QED) is 0.791. The van der Waals surface area contributed by atoms with E-state index < -0.39 is 43.2 Å². The van der Waals surface area contributed by atoms with E-state index in [1.807, 2.05) is 0 Å². The highest BCUT2D eigenvalue weighted by atomic mass is 19.4. The zero-order valence-corrected chi connectivity index (χ0v) is 13.0. The summed E-state index contributed by atoms with van der Waals surface area (Å²) < 4.78 is 82.8. The van der Waals surface area contributed by atoms with Crippen molar-refractivity contribution < 1.29 is 35.9 Å². The van der Waals surface area contributed by atoms with Crippen LogP contribution in [0.15, 0.2) is 34.7 Å². The van der Waals surface area contributed by atoms with E-state index in [4.69, 9.17) is 14.8 Å². The van der Waals surface area contributed by atoms with Gasteiger partial charge in [0.25, 0.3) is 0 Å². The normalized spacial score (nSPS) is 12.1. The van der Waals surface area contributed by atoms with Gasteiger partial charge in [-0.3, -0.25) is 0 Å². The summed E-state index contributed by atoms with van der Waals surface area (Å²) in [7, 11) is 0. The first kappa shape index (κ1) is 19.7. The van der Waals surface area contributed by atoms with Gasteiger partial charge in [0, 0.05) is 5.69 Å². The van der Waals surface area contributed by atoms with Gasteiger partial charge in [0.1, 0.15) is 24.7 Å². The molecule has 26 heavy (non-hydrogen) atoms. The molecule has 0 saturated carbocycles. The Hall–Kier alpha value is -2.67. The number of hydrogen-bond acceptors (Lipinski definition) is 4. The standard InChI is InChI=1S/C16H12F6N2O2/c17-15(18,19)9-24(7-12-3-4-13(8-25)26-12)11-2-1-10(6-23)14(5-11)16(20,21)22/h1-5,25H,7-9H2. The number of anilines is 1. The zero-order chi connectivity index (χ0) is 19.5. The Kier molecular flexibility index (Phi) is 5.51. The summed E-state index contributed by atoms with van der Waals surface area (Å²) in [5.74, 6) is 0.152. The first-order valence-electron chi connectivity index (χ1n) is 7.15. The van der Waals surface area contributed by atoms with E-state index in [0.29, 0.717) is 11.0 Å². The molecule has 2 aromatic rings. The van der Waals surface area contributed by atoms with Gasteiger partial charge in [0.05, 0.1) is 23.7 Å². The molecule has 0 spiro atoms. The Morgan fingerprint density at radius 2 is 1.69 bits per heavy atom. The molecule has 0 aliphatic carbocycles. The first-order chi connectivity index (χ1) is 12.0. The second-order valence-corrected chi connectivity index (χ2v) is 5.34. The maximum atomic E-state index is 13.1. The van der Waals surface area contributed by atoms with Crippen LogP contribution < -0.4 is 4.90 Å². The number of furan rings is 1. The minimum Gasteiger partial charge on any atom is -0.462 e. The third kappa shape index (κ3) is 4.92. The molecule has 0 bridgehead atoms. The van der Waals surface area contributed by atoms with Gasteiger partial charge in [-0.1, -0.05) is 0 Å². The van der Waals surface area contributed by atoms with Gasteiger partial charge in [-0.25, -0.2) is 0 Å². The number of alkyl halides is 6. The molecular weight excluding hydrogens is 366 g/mol. The maximum Gasteiger partial charge on any atom is 0.417 e. The van der Waals surface area contributed by atoms with Crippen LogP contribution >= 0.6 is 0 Å². The Bertz CT molecular complexity index is 804. The molecule has 0 atom stereocenters. The Balaban J connectivity index is 2.43. The van der Waals surface area contributed by atoms with E-state index in [9.17, 15) is 26.3 Å². The number of nitrogens with zero attached hydrogens (tertiary/aromatic N) is 2. The molecule has 0 saturated heterocycles.